The molecule has 0 radical (unpaired) electrons. The van der Waals surface area contributed by atoms with E-state index < -0.39 is 5.60 Å². The molecule has 0 saturated heterocycles. The number of hydrogen-bond acceptors (Lipinski definition) is 2. The molecule has 1 unspecified atom stereocenters. The van der Waals surface area contributed by atoms with Gasteiger partial charge in [0.2, 0.25) is 0 Å². The third-order valence-electron chi connectivity index (χ3n) is 8.32. The fourth-order valence-corrected chi connectivity index (χ4v) is 5.95. The molecule has 2 heteroatoms. The number of hydrogen-bond donors (Lipinski definition) is 0. The van der Waals surface area contributed by atoms with Gasteiger partial charge >= 0.3 is 5.97 Å². The molecular weight excluding hydrogens is 500 g/mol. The molecule has 5 aromatic rings. The number of ether oxygens (including phenoxy) is 1. The summed E-state index contributed by atoms with van der Waals surface area (Å²) in [6.45, 7) is 4.29. The number of aryl methyl sites for hydroxylation is 2. The highest BCUT2D eigenvalue weighted by atomic mass is 16.6. The van der Waals surface area contributed by atoms with Gasteiger partial charge in [0.25, 0.3) is 0 Å². The lowest BCUT2D eigenvalue weighted by atomic mass is 9.81. The van der Waals surface area contributed by atoms with Crippen molar-refractivity contribution in [1.82, 2.24) is 0 Å². The molecule has 0 amide bonds. The molecule has 1 aliphatic heterocycles. The van der Waals surface area contributed by atoms with Crippen molar-refractivity contribution in [2.75, 3.05) is 0 Å². The molecule has 0 saturated carbocycles. The van der Waals surface area contributed by atoms with Gasteiger partial charge in [-0.2, -0.15) is 0 Å². The topological polar surface area (TPSA) is 26.3 Å². The molecule has 1 atom stereocenters. The minimum atomic E-state index is -0.712. The summed E-state index contributed by atoms with van der Waals surface area (Å²) in [5.41, 5.74) is 11.1. The van der Waals surface area contributed by atoms with Crippen LogP contribution in [0.5, 0.6) is 0 Å². The second kappa shape index (κ2) is 11.6. The second-order valence-corrected chi connectivity index (χ2v) is 11.4. The molecule has 0 aromatic heterocycles. The lowest BCUT2D eigenvalue weighted by molar-refractivity contribution is -0.00821. The average Bonchev–Trinajstić information content (AvgIpc) is 3.27. The Morgan fingerprint density at radius 2 is 0.951 bits per heavy atom. The number of carbonyl (C=O) groups is 1. The van der Waals surface area contributed by atoms with E-state index in [0.29, 0.717) is 18.4 Å². The summed E-state index contributed by atoms with van der Waals surface area (Å²) in [5.74, 6) is -0.228. The summed E-state index contributed by atoms with van der Waals surface area (Å²) < 4.78 is 6.23. The summed E-state index contributed by atoms with van der Waals surface area (Å²) in [7, 11) is 0. The van der Waals surface area contributed by atoms with Crippen molar-refractivity contribution in [3.8, 4) is 0 Å². The summed E-state index contributed by atoms with van der Waals surface area (Å²) in [6.07, 6.45) is 4.13. The van der Waals surface area contributed by atoms with E-state index in [1.54, 1.807) is 0 Å². The van der Waals surface area contributed by atoms with E-state index in [2.05, 4.69) is 117 Å². The predicted octanol–water partition coefficient (Wildman–Crippen LogP) is 8.59. The molecule has 0 spiro atoms. The summed E-state index contributed by atoms with van der Waals surface area (Å²) in [6, 6.07) is 43.1. The van der Waals surface area contributed by atoms with Crippen LogP contribution in [0.1, 0.15) is 67.4 Å². The normalized spacial score (nSPS) is 15.9. The first-order valence-electron chi connectivity index (χ1n) is 14.6. The maximum atomic E-state index is 12.9. The van der Waals surface area contributed by atoms with Crippen LogP contribution < -0.4 is 0 Å². The Morgan fingerprint density at radius 3 is 1.44 bits per heavy atom. The molecule has 0 bridgehead atoms. The largest absolute Gasteiger partial charge is 0.450 e. The Balaban J connectivity index is 1.18. The minimum Gasteiger partial charge on any atom is -0.450 e. The molecular formula is C39H36O2. The number of esters is 1. The van der Waals surface area contributed by atoms with E-state index in [4.69, 9.17) is 4.74 Å². The lowest BCUT2D eigenvalue weighted by Gasteiger charge is -2.29. The van der Waals surface area contributed by atoms with Gasteiger partial charge in [-0.25, -0.2) is 4.79 Å². The van der Waals surface area contributed by atoms with Crippen molar-refractivity contribution in [3.05, 3.63) is 177 Å². The van der Waals surface area contributed by atoms with Crippen LogP contribution in [0.3, 0.4) is 0 Å². The van der Waals surface area contributed by atoms with Crippen molar-refractivity contribution in [2.24, 2.45) is 0 Å². The van der Waals surface area contributed by atoms with Crippen LogP contribution in [0.15, 0.2) is 121 Å². The molecule has 5 aromatic carbocycles. The molecule has 1 heterocycles. The monoisotopic (exact) mass is 536 g/mol. The molecule has 0 fully saturated rings. The van der Waals surface area contributed by atoms with Gasteiger partial charge in [0.15, 0.2) is 0 Å². The number of benzene rings is 5. The smallest absolute Gasteiger partial charge is 0.339 e. The maximum absolute atomic E-state index is 12.9. The van der Waals surface area contributed by atoms with Gasteiger partial charge in [-0.1, -0.05) is 128 Å². The van der Waals surface area contributed by atoms with Crippen molar-refractivity contribution in [3.63, 3.8) is 0 Å². The highest BCUT2D eigenvalue weighted by Crippen LogP contribution is 2.42. The van der Waals surface area contributed by atoms with E-state index in [-0.39, 0.29) is 5.97 Å². The molecule has 41 heavy (non-hydrogen) atoms. The fraction of sp³-hybridized carbons (Fsp3) is 0.205. The third kappa shape index (κ3) is 6.02. The molecule has 0 N–H and O–H groups in total. The predicted molar refractivity (Wildman–Crippen MR) is 166 cm³/mol. The number of rotatable bonds is 9. The van der Waals surface area contributed by atoms with Gasteiger partial charge in [-0.3, -0.25) is 0 Å². The standard InChI is InChI=1S/C39H36O2/c1-3-29-12-20-34(21-13-29)26-39(37-7-5-4-6-36(37)38(40)41-39)27-35-22-18-33(19-23-35)25-32-16-14-31(15-17-32)24-30-10-8-28(2)9-11-30/h4-23H,3,24-27H2,1-2H3. The van der Waals surface area contributed by atoms with Gasteiger partial charge in [0.1, 0.15) is 5.60 Å². The Morgan fingerprint density at radius 1 is 0.537 bits per heavy atom. The minimum absolute atomic E-state index is 0.228. The van der Waals surface area contributed by atoms with Gasteiger partial charge in [-0.05, 0) is 71.2 Å². The number of cyclic esters (lactones) is 1. The SMILES string of the molecule is CCc1ccc(CC2(Cc3ccc(Cc4ccc(Cc5ccc(C)cc5)cc4)cc3)OC(=O)c3ccccc32)cc1. The number of carbonyl (C=O) groups excluding carboxylic acids is 1. The first-order valence-corrected chi connectivity index (χ1v) is 14.6. The Kier molecular flexibility index (Phi) is 7.57. The van der Waals surface area contributed by atoms with Crippen LogP contribution in [-0.2, 0) is 42.4 Å². The van der Waals surface area contributed by atoms with E-state index in [1.807, 2.05) is 18.2 Å². The Bertz CT molecular complexity index is 1630. The van der Waals surface area contributed by atoms with Crippen LogP contribution in [0, 0.1) is 6.92 Å². The zero-order chi connectivity index (χ0) is 28.2. The van der Waals surface area contributed by atoms with Crippen LogP contribution >= 0.6 is 0 Å². The highest BCUT2D eigenvalue weighted by Gasteiger charge is 2.45. The highest BCUT2D eigenvalue weighted by molar-refractivity contribution is 5.94. The zero-order valence-corrected chi connectivity index (χ0v) is 23.9. The van der Waals surface area contributed by atoms with Crippen molar-refractivity contribution >= 4 is 5.97 Å². The third-order valence-corrected chi connectivity index (χ3v) is 8.32. The first kappa shape index (κ1) is 26.8. The Labute approximate surface area is 243 Å². The van der Waals surface area contributed by atoms with E-state index in [0.717, 1.165) is 30.4 Å². The van der Waals surface area contributed by atoms with Crippen LogP contribution in [0.4, 0.5) is 0 Å². The fourth-order valence-electron chi connectivity index (χ4n) is 5.95. The van der Waals surface area contributed by atoms with Gasteiger partial charge in [0.05, 0.1) is 5.56 Å². The molecule has 1 aliphatic rings. The van der Waals surface area contributed by atoms with Crippen molar-refractivity contribution in [1.29, 1.82) is 0 Å². The summed E-state index contributed by atoms with van der Waals surface area (Å²) in [5, 5.41) is 0. The van der Waals surface area contributed by atoms with Crippen molar-refractivity contribution in [2.45, 2.75) is 51.6 Å². The second-order valence-electron chi connectivity index (χ2n) is 11.4. The molecule has 2 nitrogen and oxygen atoms in total. The molecule has 6 rings (SSSR count). The van der Waals surface area contributed by atoms with Gasteiger partial charge in [0, 0.05) is 18.4 Å². The summed E-state index contributed by atoms with van der Waals surface area (Å²) >= 11 is 0. The first-order chi connectivity index (χ1) is 20.0. The van der Waals surface area contributed by atoms with E-state index in [9.17, 15) is 4.79 Å². The van der Waals surface area contributed by atoms with Crippen LogP contribution in [0.2, 0.25) is 0 Å². The number of fused-ring (bicyclic) bond motifs is 1. The quantitative estimate of drug-likeness (QED) is 0.176. The van der Waals surface area contributed by atoms with E-state index in [1.165, 1.54) is 38.9 Å². The molecule has 204 valence electrons. The maximum Gasteiger partial charge on any atom is 0.339 e. The van der Waals surface area contributed by atoms with Crippen molar-refractivity contribution < 1.29 is 9.53 Å². The lowest BCUT2D eigenvalue weighted by Crippen LogP contribution is -2.32. The Hall–Kier alpha value is -4.43. The summed E-state index contributed by atoms with van der Waals surface area (Å²) in [4.78, 5) is 12.9. The molecule has 0 aliphatic carbocycles. The van der Waals surface area contributed by atoms with Gasteiger partial charge < -0.3 is 4.74 Å². The van der Waals surface area contributed by atoms with Crippen LogP contribution in [0.25, 0.3) is 0 Å². The average molecular weight is 537 g/mol. The van der Waals surface area contributed by atoms with Gasteiger partial charge in [-0.15, -0.1) is 0 Å². The van der Waals surface area contributed by atoms with E-state index >= 15 is 0 Å². The zero-order valence-electron chi connectivity index (χ0n) is 23.9. The van der Waals surface area contributed by atoms with Crippen LogP contribution in [-0.4, -0.2) is 5.97 Å².